The lowest BCUT2D eigenvalue weighted by molar-refractivity contribution is -0.274. The van der Waals surface area contributed by atoms with E-state index in [1.165, 1.54) is 6.07 Å². The van der Waals surface area contributed by atoms with E-state index in [1.807, 2.05) is 0 Å². The Labute approximate surface area is 107 Å². The normalized spacial score (nSPS) is 11.2. The zero-order valence-electron chi connectivity index (χ0n) is 9.45. The Morgan fingerprint density at radius 2 is 2.06 bits per heavy atom. The molecule has 0 unspecified atom stereocenters. The molecule has 0 radical (unpaired) electrons. The highest BCUT2D eigenvalue weighted by Gasteiger charge is 2.31. The van der Waals surface area contributed by atoms with Crippen LogP contribution in [0.3, 0.4) is 0 Å². The van der Waals surface area contributed by atoms with Crippen LogP contribution in [0.1, 0.15) is 12.5 Å². The maximum Gasteiger partial charge on any atom is 0.573 e. The van der Waals surface area contributed by atoms with E-state index in [9.17, 15) is 18.0 Å². The monoisotopic (exact) mass is 280 g/mol. The zero-order valence-corrected chi connectivity index (χ0v) is 10.3. The maximum atomic E-state index is 12.0. The Morgan fingerprint density at radius 3 is 2.61 bits per heavy atom. The minimum absolute atomic E-state index is 0.151. The molecular weight excluding hydrogens is 269 g/mol. The summed E-state index contributed by atoms with van der Waals surface area (Å²) in [6.07, 6.45) is -4.92. The van der Waals surface area contributed by atoms with Gasteiger partial charge in [0, 0.05) is 4.90 Å². The Balaban J connectivity index is 2.84. The minimum atomic E-state index is -4.76. The molecule has 1 rings (SSSR count). The van der Waals surface area contributed by atoms with Crippen molar-refractivity contribution in [1.82, 2.24) is 0 Å². The Bertz CT molecular complexity index is 432. The largest absolute Gasteiger partial charge is 0.573 e. The van der Waals surface area contributed by atoms with Gasteiger partial charge < -0.3 is 9.47 Å². The van der Waals surface area contributed by atoms with Gasteiger partial charge in [-0.1, -0.05) is 0 Å². The lowest BCUT2D eigenvalue weighted by Crippen LogP contribution is -2.17. The second-order valence-electron chi connectivity index (χ2n) is 3.32. The van der Waals surface area contributed by atoms with E-state index in [1.54, 1.807) is 6.92 Å². The number of rotatable bonds is 4. The zero-order chi connectivity index (χ0) is 13.8. The smallest absolute Gasteiger partial charge is 0.466 e. The van der Waals surface area contributed by atoms with Crippen molar-refractivity contribution in [3.8, 4) is 5.75 Å². The molecule has 0 fully saturated rings. The fourth-order valence-corrected chi connectivity index (χ4v) is 1.49. The van der Waals surface area contributed by atoms with Crippen molar-refractivity contribution in [2.45, 2.75) is 24.6 Å². The van der Waals surface area contributed by atoms with Crippen LogP contribution in [-0.2, 0) is 16.0 Å². The summed E-state index contributed by atoms with van der Waals surface area (Å²) in [7, 11) is 0. The van der Waals surface area contributed by atoms with Crippen LogP contribution < -0.4 is 4.74 Å². The second-order valence-corrected chi connectivity index (χ2v) is 3.80. The molecular formula is C11H11F3O3S. The van der Waals surface area contributed by atoms with Crippen molar-refractivity contribution in [3.05, 3.63) is 23.8 Å². The van der Waals surface area contributed by atoms with Gasteiger partial charge in [0.25, 0.3) is 0 Å². The molecule has 1 aromatic rings. The first kappa shape index (κ1) is 14.7. The number of carbonyl (C=O) groups excluding carboxylic acids is 1. The first-order valence-electron chi connectivity index (χ1n) is 5.05. The van der Waals surface area contributed by atoms with Crippen molar-refractivity contribution < 1.29 is 27.4 Å². The third kappa shape index (κ3) is 4.87. The summed E-state index contributed by atoms with van der Waals surface area (Å²) in [6, 6.07) is 3.58. The van der Waals surface area contributed by atoms with Crippen LogP contribution in [0.25, 0.3) is 0 Å². The lowest BCUT2D eigenvalue weighted by atomic mass is 10.1. The molecule has 18 heavy (non-hydrogen) atoms. The average Bonchev–Trinajstić information content (AvgIpc) is 2.21. The van der Waals surface area contributed by atoms with Gasteiger partial charge in [-0.2, -0.15) is 0 Å². The molecule has 100 valence electrons. The van der Waals surface area contributed by atoms with Crippen molar-refractivity contribution in [2.24, 2.45) is 0 Å². The van der Waals surface area contributed by atoms with E-state index >= 15 is 0 Å². The van der Waals surface area contributed by atoms with Crippen LogP contribution in [0.2, 0.25) is 0 Å². The number of esters is 1. The molecule has 0 spiro atoms. The highest BCUT2D eigenvalue weighted by atomic mass is 32.1. The van der Waals surface area contributed by atoms with Crippen molar-refractivity contribution >= 4 is 18.6 Å². The predicted octanol–water partition coefficient (Wildman–Crippen LogP) is 2.98. The average molecular weight is 280 g/mol. The lowest BCUT2D eigenvalue weighted by Gasteiger charge is -2.11. The van der Waals surface area contributed by atoms with Crippen LogP contribution in [0.15, 0.2) is 23.1 Å². The molecule has 0 aliphatic rings. The summed E-state index contributed by atoms with van der Waals surface area (Å²) >= 11 is 4.05. The standard InChI is InChI=1S/C11H11F3O3S/c1-2-16-10(15)6-7-5-8(3-4-9(7)18)17-11(12,13)14/h3-5,18H,2,6H2,1H3. The highest BCUT2D eigenvalue weighted by Crippen LogP contribution is 2.26. The molecule has 0 heterocycles. The number of halogens is 3. The van der Waals surface area contributed by atoms with Crippen LogP contribution in [0.4, 0.5) is 13.2 Å². The number of carbonyl (C=O) groups is 1. The van der Waals surface area contributed by atoms with Gasteiger partial charge in [0.1, 0.15) is 5.75 Å². The van der Waals surface area contributed by atoms with Gasteiger partial charge in [-0.3, -0.25) is 4.79 Å². The number of hydrogen-bond acceptors (Lipinski definition) is 4. The van der Waals surface area contributed by atoms with Gasteiger partial charge in [-0.05, 0) is 30.7 Å². The highest BCUT2D eigenvalue weighted by molar-refractivity contribution is 7.80. The summed E-state index contributed by atoms with van der Waals surface area (Å²) < 4.78 is 44.5. The van der Waals surface area contributed by atoms with Gasteiger partial charge in [0.15, 0.2) is 0 Å². The fourth-order valence-electron chi connectivity index (χ4n) is 1.27. The molecule has 0 saturated carbocycles. The maximum absolute atomic E-state index is 12.0. The Hall–Kier alpha value is -1.37. The van der Waals surface area contributed by atoms with Crippen molar-refractivity contribution in [3.63, 3.8) is 0 Å². The first-order chi connectivity index (χ1) is 8.31. The van der Waals surface area contributed by atoms with E-state index in [4.69, 9.17) is 4.74 Å². The molecule has 7 heteroatoms. The van der Waals surface area contributed by atoms with Crippen molar-refractivity contribution in [1.29, 1.82) is 0 Å². The van der Waals surface area contributed by atoms with Gasteiger partial charge in [-0.15, -0.1) is 25.8 Å². The van der Waals surface area contributed by atoms with E-state index in [2.05, 4.69) is 17.4 Å². The molecule has 0 aliphatic carbocycles. The Morgan fingerprint density at radius 1 is 1.39 bits per heavy atom. The molecule has 0 aromatic heterocycles. The molecule has 0 aliphatic heterocycles. The summed E-state index contributed by atoms with van der Waals surface area (Å²) in [5.74, 6) is -0.920. The van der Waals surface area contributed by atoms with Crippen LogP contribution in [0.5, 0.6) is 5.75 Å². The molecule has 0 atom stereocenters. The topological polar surface area (TPSA) is 35.5 Å². The van der Waals surface area contributed by atoms with Crippen LogP contribution in [-0.4, -0.2) is 18.9 Å². The van der Waals surface area contributed by atoms with Crippen LogP contribution >= 0.6 is 12.6 Å². The predicted molar refractivity (Wildman–Crippen MR) is 60.7 cm³/mol. The summed E-state index contributed by atoms with van der Waals surface area (Å²) in [4.78, 5) is 11.6. The quantitative estimate of drug-likeness (QED) is 0.680. The number of hydrogen-bond donors (Lipinski definition) is 1. The molecule has 0 amide bonds. The Kier molecular flexibility index (Phi) is 4.89. The molecule has 0 bridgehead atoms. The SMILES string of the molecule is CCOC(=O)Cc1cc(OC(F)(F)F)ccc1S. The number of benzene rings is 1. The molecule has 0 saturated heterocycles. The molecule has 1 aromatic carbocycles. The van der Waals surface area contributed by atoms with Gasteiger partial charge in [0.2, 0.25) is 0 Å². The van der Waals surface area contributed by atoms with Gasteiger partial charge >= 0.3 is 12.3 Å². The number of ether oxygens (including phenoxy) is 2. The fraction of sp³-hybridized carbons (Fsp3) is 0.364. The molecule has 0 N–H and O–H groups in total. The van der Waals surface area contributed by atoms with E-state index in [0.29, 0.717) is 10.5 Å². The summed E-state index contributed by atoms with van der Waals surface area (Å²) in [5.41, 5.74) is 0.318. The van der Waals surface area contributed by atoms with E-state index in [0.717, 1.165) is 12.1 Å². The second kappa shape index (κ2) is 5.99. The third-order valence-electron chi connectivity index (χ3n) is 1.92. The van der Waals surface area contributed by atoms with Gasteiger partial charge in [0.05, 0.1) is 13.0 Å². The summed E-state index contributed by atoms with van der Waals surface area (Å²) in [6.45, 7) is 1.85. The van der Waals surface area contributed by atoms with E-state index < -0.39 is 12.3 Å². The third-order valence-corrected chi connectivity index (χ3v) is 2.36. The molecule has 3 nitrogen and oxygen atoms in total. The first-order valence-corrected chi connectivity index (χ1v) is 5.50. The summed E-state index contributed by atoms with van der Waals surface area (Å²) in [5, 5.41) is 0. The van der Waals surface area contributed by atoms with Gasteiger partial charge in [-0.25, -0.2) is 0 Å². The van der Waals surface area contributed by atoms with Crippen molar-refractivity contribution in [2.75, 3.05) is 6.61 Å². The van der Waals surface area contributed by atoms with Crippen LogP contribution in [0, 0.1) is 0 Å². The minimum Gasteiger partial charge on any atom is -0.466 e. The number of alkyl halides is 3. The number of thiol groups is 1. The van der Waals surface area contributed by atoms with E-state index in [-0.39, 0.29) is 18.8 Å².